The van der Waals surface area contributed by atoms with Crippen molar-refractivity contribution in [2.75, 3.05) is 0 Å². The van der Waals surface area contributed by atoms with Crippen LogP contribution in [-0.2, 0) is 6.42 Å². The lowest BCUT2D eigenvalue weighted by atomic mass is 9.84. The summed E-state index contributed by atoms with van der Waals surface area (Å²) in [5.74, 6) is 0. The van der Waals surface area contributed by atoms with Gasteiger partial charge in [0.1, 0.15) is 0 Å². The molecule has 4 aromatic carbocycles. The number of allylic oxidation sites excluding steroid dienone is 1. The summed E-state index contributed by atoms with van der Waals surface area (Å²) in [6, 6.07) is 26.8. The summed E-state index contributed by atoms with van der Waals surface area (Å²) in [6.07, 6.45) is 3.46. The molecule has 1 aliphatic rings. The van der Waals surface area contributed by atoms with E-state index in [0.29, 0.717) is 0 Å². The Labute approximate surface area is 161 Å². The fourth-order valence-electron chi connectivity index (χ4n) is 4.30. The average Bonchev–Trinajstić information content (AvgIpc) is 3.11. The van der Waals surface area contributed by atoms with Crippen molar-refractivity contribution in [2.45, 2.75) is 27.2 Å². The maximum atomic E-state index is 2.40. The van der Waals surface area contributed by atoms with Crippen LogP contribution in [0, 0.1) is 5.41 Å². The molecule has 0 saturated carbocycles. The van der Waals surface area contributed by atoms with Crippen molar-refractivity contribution in [2.24, 2.45) is 5.41 Å². The number of hydrogen-bond acceptors (Lipinski definition) is 0. The second kappa shape index (κ2) is 5.82. The molecule has 0 heterocycles. The molecule has 0 unspecified atom stereocenters. The Morgan fingerprint density at radius 1 is 0.667 bits per heavy atom. The number of hydrogen-bond donors (Lipinski definition) is 0. The third-order valence-electron chi connectivity index (χ3n) is 5.91. The Morgan fingerprint density at radius 2 is 1.33 bits per heavy atom. The molecule has 0 atom stereocenters. The number of benzene rings is 4. The normalized spacial score (nSPS) is 13.8. The molecule has 0 saturated heterocycles. The topological polar surface area (TPSA) is 0 Å². The fraction of sp³-hybridized carbons (Fsp3) is 0.185. The predicted octanol–water partition coefficient (Wildman–Crippen LogP) is 7.65. The van der Waals surface area contributed by atoms with Crippen LogP contribution in [0.25, 0.3) is 38.7 Å². The molecule has 0 aromatic heterocycles. The molecule has 0 heteroatoms. The van der Waals surface area contributed by atoms with E-state index in [1.165, 1.54) is 49.4 Å². The first-order chi connectivity index (χ1) is 13.0. The molecule has 0 radical (unpaired) electrons. The highest BCUT2D eigenvalue weighted by Crippen LogP contribution is 2.42. The zero-order chi connectivity index (χ0) is 18.6. The molecular formula is C27H24. The van der Waals surface area contributed by atoms with Crippen LogP contribution in [-0.4, -0.2) is 0 Å². The molecular weight excluding hydrogens is 324 g/mol. The molecule has 0 fully saturated rings. The smallest absolute Gasteiger partial charge is 0.00464 e. The SMILES string of the molecule is CC(C)(C)C1=Cc2cccc(-c3cccc4cc5ccccc5cc34)c2C1. The molecule has 5 rings (SSSR count). The van der Waals surface area contributed by atoms with Crippen LogP contribution in [0.3, 0.4) is 0 Å². The van der Waals surface area contributed by atoms with E-state index in [9.17, 15) is 0 Å². The van der Waals surface area contributed by atoms with Gasteiger partial charge in [-0.1, -0.05) is 93.1 Å². The molecule has 27 heavy (non-hydrogen) atoms. The predicted molar refractivity (Wildman–Crippen MR) is 118 cm³/mol. The maximum Gasteiger partial charge on any atom is -0.00464 e. The third kappa shape index (κ3) is 2.68. The Kier molecular flexibility index (Phi) is 3.52. The van der Waals surface area contributed by atoms with Crippen LogP contribution in [0.1, 0.15) is 31.9 Å². The van der Waals surface area contributed by atoms with Gasteiger partial charge in [-0.2, -0.15) is 0 Å². The van der Waals surface area contributed by atoms with Crippen LogP contribution in [0.15, 0.2) is 78.4 Å². The molecule has 0 spiro atoms. The minimum Gasteiger partial charge on any atom is -0.0616 e. The van der Waals surface area contributed by atoms with Gasteiger partial charge in [-0.15, -0.1) is 0 Å². The Bertz CT molecular complexity index is 1220. The van der Waals surface area contributed by atoms with Gasteiger partial charge < -0.3 is 0 Å². The largest absolute Gasteiger partial charge is 0.0616 e. The molecule has 0 nitrogen and oxygen atoms in total. The Morgan fingerprint density at radius 3 is 2.11 bits per heavy atom. The van der Waals surface area contributed by atoms with Gasteiger partial charge in [-0.3, -0.25) is 0 Å². The zero-order valence-corrected chi connectivity index (χ0v) is 16.2. The Hall–Kier alpha value is -2.86. The van der Waals surface area contributed by atoms with Crippen molar-refractivity contribution in [3.63, 3.8) is 0 Å². The van der Waals surface area contributed by atoms with E-state index in [4.69, 9.17) is 0 Å². The molecule has 0 N–H and O–H groups in total. The second-order valence-electron chi connectivity index (χ2n) is 8.70. The second-order valence-corrected chi connectivity index (χ2v) is 8.70. The molecule has 0 bridgehead atoms. The van der Waals surface area contributed by atoms with Gasteiger partial charge in [0.2, 0.25) is 0 Å². The third-order valence-corrected chi connectivity index (χ3v) is 5.91. The van der Waals surface area contributed by atoms with Crippen molar-refractivity contribution in [3.8, 4) is 11.1 Å². The lowest BCUT2D eigenvalue weighted by molar-refractivity contribution is 0.498. The summed E-state index contributed by atoms with van der Waals surface area (Å²) in [5.41, 5.74) is 7.32. The first-order valence-electron chi connectivity index (χ1n) is 9.75. The zero-order valence-electron chi connectivity index (χ0n) is 16.2. The van der Waals surface area contributed by atoms with E-state index in [1.54, 1.807) is 0 Å². The molecule has 4 aromatic rings. The maximum absolute atomic E-state index is 2.40. The van der Waals surface area contributed by atoms with Crippen LogP contribution in [0.2, 0.25) is 0 Å². The summed E-state index contributed by atoms with van der Waals surface area (Å²) in [5, 5.41) is 5.26. The van der Waals surface area contributed by atoms with E-state index in [1.807, 2.05) is 0 Å². The minimum atomic E-state index is 0.214. The lowest BCUT2D eigenvalue weighted by Crippen LogP contribution is -2.09. The van der Waals surface area contributed by atoms with Gasteiger partial charge in [-0.25, -0.2) is 0 Å². The van der Waals surface area contributed by atoms with Crippen molar-refractivity contribution in [3.05, 3.63) is 89.5 Å². The van der Waals surface area contributed by atoms with Gasteiger partial charge in [0.25, 0.3) is 0 Å². The minimum absolute atomic E-state index is 0.214. The highest BCUT2D eigenvalue weighted by molar-refractivity contribution is 6.05. The fourth-order valence-corrected chi connectivity index (χ4v) is 4.30. The van der Waals surface area contributed by atoms with Crippen molar-refractivity contribution in [1.82, 2.24) is 0 Å². The lowest BCUT2D eigenvalue weighted by Gasteiger charge is -2.20. The van der Waals surface area contributed by atoms with E-state index in [0.717, 1.165) is 6.42 Å². The highest BCUT2D eigenvalue weighted by atomic mass is 14.3. The van der Waals surface area contributed by atoms with Gasteiger partial charge >= 0.3 is 0 Å². The van der Waals surface area contributed by atoms with Crippen molar-refractivity contribution in [1.29, 1.82) is 0 Å². The molecule has 0 aliphatic heterocycles. The van der Waals surface area contributed by atoms with Gasteiger partial charge in [-0.05, 0) is 67.8 Å². The first-order valence-corrected chi connectivity index (χ1v) is 9.75. The molecule has 132 valence electrons. The van der Waals surface area contributed by atoms with Gasteiger partial charge in [0.05, 0.1) is 0 Å². The summed E-state index contributed by atoms with van der Waals surface area (Å²) in [7, 11) is 0. The standard InChI is InChI=1S/C27H24/c1-27(2,3)22-15-21-11-7-13-24(26(21)17-22)23-12-6-10-20-14-18-8-4-5-9-19(18)16-25(20)23/h4-16H,17H2,1-3H3. The van der Waals surface area contributed by atoms with E-state index in [-0.39, 0.29) is 5.41 Å². The summed E-state index contributed by atoms with van der Waals surface area (Å²) in [6.45, 7) is 6.94. The average molecular weight is 348 g/mol. The van der Waals surface area contributed by atoms with Crippen LogP contribution in [0.4, 0.5) is 0 Å². The van der Waals surface area contributed by atoms with E-state index < -0.39 is 0 Å². The molecule has 0 amide bonds. The number of rotatable bonds is 1. The highest BCUT2D eigenvalue weighted by Gasteiger charge is 2.25. The summed E-state index contributed by atoms with van der Waals surface area (Å²) in [4.78, 5) is 0. The number of fused-ring (bicyclic) bond motifs is 3. The quantitative estimate of drug-likeness (QED) is 0.310. The van der Waals surface area contributed by atoms with Crippen molar-refractivity contribution < 1.29 is 0 Å². The van der Waals surface area contributed by atoms with Crippen LogP contribution in [0.5, 0.6) is 0 Å². The first kappa shape index (κ1) is 16.3. The van der Waals surface area contributed by atoms with Gasteiger partial charge in [0.15, 0.2) is 0 Å². The summed E-state index contributed by atoms with van der Waals surface area (Å²) < 4.78 is 0. The molecule has 1 aliphatic carbocycles. The van der Waals surface area contributed by atoms with Crippen LogP contribution < -0.4 is 0 Å². The Balaban J connectivity index is 1.73. The monoisotopic (exact) mass is 348 g/mol. The van der Waals surface area contributed by atoms with Crippen LogP contribution >= 0.6 is 0 Å². The van der Waals surface area contributed by atoms with Gasteiger partial charge in [0, 0.05) is 0 Å². The van der Waals surface area contributed by atoms with E-state index in [2.05, 4.69) is 99.6 Å². The summed E-state index contributed by atoms with van der Waals surface area (Å²) >= 11 is 0. The van der Waals surface area contributed by atoms with Crippen molar-refractivity contribution >= 4 is 27.6 Å². The van der Waals surface area contributed by atoms with E-state index >= 15 is 0 Å².